The number of methoxy groups -OCH3 is 1. The number of hydrogen-bond donors (Lipinski definition) is 3. The Hall–Kier alpha value is -1.40. The molecule has 2 heterocycles. The van der Waals surface area contributed by atoms with Crippen molar-refractivity contribution in [3.8, 4) is 0 Å². The molecule has 0 aromatic heterocycles. The maximum Gasteiger partial charge on any atom is 0.132 e. The van der Waals surface area contributed by atoms with E-state index in [9.17, 15) is 5.11 Å². The number of rotatable bonds is 12. The quantitative estimate of drug-likeness (QED) is 0.307. The molecule has 3 N–H and O–H groups in total. The van der Waals surface area contributed by atoms with Crippen LogP contribution in [-0.2, 0) is 4.74 Å². The predicted octanol–water partition coefficient (Wildman–Crippen LogP) is 4.38. The molecule has 1 saturated heterocycles. The van der Waals surface area contributed by atoms with Gasteiger partial charge in [0.1, 0.15) is 6.23 Å². The van der Waals surface area contributed by atoms with Crippen molar-refractivity contribution in [1.82, 2.24) is 15.5 Å². The molecular formula is C27H47N3O2. The van der Waals surface area contributed by atoms with Crippen molar-refractivity contribution in [2.45, 2.75) is 79.1 Å². The van der Waals surface area contributed by atoms with E-state index >= 15 is 0 Å². The summed E-state index contributed by atoms with van der Waals surface area (Å²) in [5.74, 6) is 1.19. The standard InChI is InChI=1S/C27H47N3O2/c1-8-23-15-25(17-28-16-23)27(31)29-21(5)14-26-20(4)11-12-30(26)18-24(10-9-13-32-7)22(6)19(2)3/h9-10,15,17,19-21,26-29,31H,8,11-14,16,18H2,1-7H3/b10-9-,24-22+. The van der Waals surface area contributed by atoms with Crippen LogP contribution in [0.15, 0.2) is 46.7 Å². The molecule has 5 nitrogen and oxygen atoms in total. The van der Waals surface area contributed by atoms with Crippen LogP contribution in [0.1, 0.15) is 60.8 Å². The van der Waals surface area contributed by atoms with Crippen LogP contribution in [-0.4, -0.2) is 61.7 Å². The van der Waals surface area contributed by atoms with Gasteiger partial charge in [0.25, 0.3) is 0 Å². The second-order valence-corrected chi connectivity index (χ2v) is 9.91. The van der Waals surface area contributed by atoms with Gasteiger partial charge < -0.3 is 15.2 Å². The van der Waals surface area contributed by atoms with E-state index in [1.165, 1.54) is 23.1 Å². The lowest BCUT2D eigenvalue weighted by molar-refractivity contribution is 0.143. The summed E-state index contributed by atoms with van der Waals surface area (Å²) in [5.41, 5.74) is 5.12. The van der Waals surface area contributed by atoms with Crippen molar-refractivity contribution >= 4 is 0 Å². The van der Waals surface area contributed by atoms with Gasteiger partial charge in [-0.15, -0.1) is 0 Å². The average molecular weight is 446 g/mol. The molecule has 4 atom stereocenters. The molecule has 0 amide bonds. The third kappa shape index (κ3) is 7.87. The van der Waals surface area contributed by atoms with Gasteiger partial charge in [-0.2, -0.15) is 0 Å². The van der Waals surface area contributed by atoms with Crippen LogP contribution < -0.4 is 10.6 Å². The number of aliphatic hydroxyl groups is 1. The van der Waals surface area contributed by atoms with E-state index in [4.69, 9.17) is 4.74 Å². The molecule has 182 valence electrons. The summed E-state index contributed by atoms with van der Waals surface area (Å²) in [6, 6.07) is 0.734. The zero-order valence-corrected chi connectivity index (χ0v) is 21.4. The number of likely N-dealkylation sites (tertiary alicyclic amines) is 1. The van der Waals surface area contributed by atoms with Gasteiger partial charge in [0, 0.05) is 44.1 Å². The topological polar surface area (TPSA) is 56.8 Å². The molecule has 2 rings (SSSR count). The highest BCUT2D eigenvalue weighted by Crippen LogP contribution is 2.30. The second kappa shape index (κ2) is 13.3. The number of ether oxygens (including phenoxy) is 1. The summed E-state index contributed by atoms with van der Waals surface area (Å²) < 4.78 is 5.23. The zero-order chi connectivity index (χ0) is 23.7. The Balaban J connectivity index is 2.03. The van der Waals surface area contributed by atoms with Crippen molar-refractivity contribution in [2.24, 2.45) is 11.8 Å². The minimum atomic E-state index is -0.639. The number of dihydropyridines is 1. The van der Waals surface area contributed by atoms with Gasteiger partial charge in [0.05, 0.1) is 6.61 Å². The lowest BCUT2D eigenvalue weighted by atomic mass is 9.94. The Bertz CT molecular complexity index is 708. The van der Waals surface area contributed by atoms with E-state index in [0.29, 0.717) is 24.5 Å². The van der Waals surface area contributed by atoms with E-state index in [2.05, 4.69) is 75.3 Å². The van der Waals surface area contributed by atoms with Crippen LogP contribution in [0.3, 0.4) is 0 Å². The summed E-state index contributed by atoms with van der Waals surface area (Å²) in [6.45, 7) is 17.2. The van der Waals surface area contributed by atoms with Crippen molar-refractivity contribution in [2.75, 3.05) is 33.4 Å². The van der Waals surface area contributed by atoms with E-state index in [1.54, 1.807) is 7.11 Å². The summed E-state index contributed by atoms with van der Waals surface area (Å²) >= 11 is 0. The third-order valence-electron chi connectivity index (χ3n) is 7.10. The van der Waals surface area contributed by atoms with Gasteiger partial charge >= 0.3 is 0 Å². The molecule has 0 aromatic carbocycles. The molecule has 32 heavy (non-hydrogen) atoms. The molecule has 4 unspecified atom stereocenters. The highest BCUT2D eigenvalue weighted by molar-refractivity contribution is 5.30. The molecule has 2 aliphatic rings. The van der Waals surface area contributed by atoms with E-state index in [0.717, 1.165) is 38.0 Å². The lowest BCUT2D eigenvalue weighted by Gasteiger charge is -2.32. The molecule has 5 heteroatoms. The molecule has 0 spiro atoms. The van der Waals surface area contributed by atoms with E-state index < -0.39 is 6.23 Å². The Morgan fingerprint density at radius 1 is 1.38 bits per heavy atom. The van der Waals surface area contributed by atoms with Gasteiger partial charge in [0.2, 0.25) is 0 Å². The Morgan fingerprint density at radius 3 is 2.78 bits per heavy atom. The fourth-order valence-corrected chi connectivity index (χ4v) is 4.66. The predicted molar refractivity (Wildman–Crippen MR) is 135 cm³/mol. The largest absolute Gasteiger partial charge is 0.387 e. The summed E-state index contributed by atoms with van der Waals surface area (Å²) in [5, 5.41) is 17.5. The van der Waals surface area contributed by atoms with Gasteiger partial charge in [-0.05, 0) is 57.1 Å². The Morgan fingerprint density at radius 2 is 2.12 bits per heavy atom. The van der Waals surface area contributed by atoms with Gasteiger partial charge in [-0.25, -0.2) is 0 Å². The van der Waals surface area contributed by atoms with Crippen molar-refractivity contribution in [3.05, 3.63) is 46.7 Å². The minimum Gasteiger partial charge on any atom is -0.387 e. The molecule has 0 bridgehead atoms. The first-order chi connectivity index (χ1) is 15.3. The van der Waals surface area contributed by atoms with Crippen molar-refractivity contribution in [1.29, 1.82) is 0 Å². The highest BCUT2D eigenvalue weighted by Gasteiger charge is 2.33. The first-order valence-corrected chi connectivity index (χ1v) is 12.4. The van der Waals surface area contributed by atoms with E-state index in [1.807, 2.05) is 6.20 Å². The van der Waals surface area contributed by atoms with Crippen molar-refractivity contribution in [3.63, 3.8) is 0 Å². The molecular weight excluding hydrogens is 398 g/mol. The minimum absolute atomic E-state index is 0.224. The van der Waals surface area contributed by atoms with Gasteiger partial charge in [-0.3, -0.25) is 10.2 Å². The first-order valence-electron chi connectivity index (χ1n) is 12.4. The lowest BCUT2D eigenvalue weighted by Crippen LogP contribution is -2.44. The van der Waals surface area contributed by atoms with Gasteiger partial charge in [-0.1, -0.05) is 57.1 Å². The smallest absolute Gasteiger partial charge is 0.132 e. The van der Waals surface area contributed by atoms with Crippen LogP contribution in [0, 0.1) is 11.8 Å². The number of allylic oxidation sites excluding steroid dienone is 1. The van der Waals surface area contributed by atoms with Gasteiger partial charge in [0.15, 0.2) is 0 Å². The normalized spacial score (nSPS) is 24.9. The van der Waals surface area contributed by atoms with Crippen LogP contribution in [0.4, 0.5) is 0 Å². The fraction of sp³-hybridized carbons (Fsp3) is 0.704. The maximum absolute atomic E-state index is 10.8. The second-order valence-electron chi connectivity index (χ2n) is 9.91. The van der Waals surface area contributed by atoms with Crippen LogP contribution >= 0.6 is 0 Å². The number of nitrogens with zero attached hydrogens (tertiary/aromatic N) is 1. The van der Waals surface area contributed by atoms with Crippen LogP contribution in [0.2, 0.25) is 0 Å². The number of hydrogen-bond acceptors (Lipinski definition) is 5. The molecule has 0 saturated carbocycles. The Labute approximate surface area is 196 Å². The number of nitrogens with one attached hydrogen (secondary N) is 2. The third-order valence-corrected chi connectivity index (χ3v) is 7.10. The maximum atomic E-state index is 10.8. The molecule has 2 aliphatic heterocycles. The molecule has 0 radical (unpaired) electrons. The summed E-state index contributed by atoms with van der Waals surface area (Å²) in [4.78, 5) is 2.64. The first kappa shape index (κ1) is 26.8. The molecule has 0 aliphatic carbocycles. The average Bonchev–Trinajstić information content (AvgIpc) is 3.11. The number of aliphatic hydroxyl groups excluding tert-OH is 1. The SMILES string of the molecule is CCC1=CC(C(O)NC(C)CC2C(C)CCN2CC(/C=C\COC)=C(\C)C(C)C)=CNC1. The summed E-state index contributed by atoms with van der Waals surface area (Å²) in [6.07, 6.45) is 11.1. The van der Waals surface area contributed by atoms with E-state index in [-0.39, 0.29) is 6.04 Å². The Kier molecular flexibility index (Phi) is 11.2. The van der Waals surface area contributed by atoms with Crippen LogP contribution in [0.25, 0.3) is 0 Å². The molecule has 1 fully saturated rings. The van der Waals surface area contributed by atoms with Crippen molar-refractivity contribution < 1.29 is 9.84 Å². The van der Waals surface area contributed by atoms with Crippen LogP contribution in [0.5, 0.6) is 0 Å². The molecule has 0 aromatic rings. The highest BCUT2D eigenvalue weighted by atomic mass is 16.5. The summed E-state index contributed by atoms with van der Waals surface area (Å²) in [7, 11) is 1.74. The zero-order valence-electron chi connectivity index (χ0n) is 21.4. The monoisotopic (exact) mass is 445 g/mol. The fourth-order valence-electron chi connectivity index (χ4n) is 4.66.